The molecule has 7 heteroatoms. The van der Waals surface area contributed by atoms with Gasteiger partial charge in [-0.25, -0.2) is 4.79 Å². The predicted octanol–water partition coefficient (Wildman–Crippen LogP) is 2.46. The van der Waals surface area contributed by atoms with Gasteiger partial charge < -0.3 is 15.7 Å². The van der Waals surface area contributed by atoms with Gasteiger partial charge >= 0.3 is 5.97 Å². The van der Waals surface area contributed by atoms with Crippen LogP contribution in [0.25, 0.3) is 0 Å². The molecule has 0 radical (unpaired) electrons. The smallest absolute Gasteiger partial charge is 0.335 e. The van der Waals surface area contributed by atoms with Gasteiger partial charge in [0, 0.05) is 11.8 Å². The van der Waals surface area contributed by atoms with E-state index < -0.39 is 5.97 Å². The Bertz CT molecular complexity index is 533. The fourth-order valence-electron chi connectivity index (χ4n) is 2.10. The highest BCUT2D eigenvalue weighted by Crippen LogP contribution is 2.25. The second kappa shape index (κ2) is 7.68. The molecule has 114 valence electrons. The third-order valence-corrected chi connectivity index (χ3v) is 4.90. The first-order valence-electron chi connectivity index (χ1n) is 6.71. The van der Waals surface area contributed by atoms with Gasteiger partial charge in [-0.2, -0.15) is 11.8 Å². The average molecular weight is 329 g/mol. The summed E-state index contributed by atoms with van der Waals surface area (Å²) in [5, 5.41) is 15.6. The van der Waals surface area contributed by atoms with E-state index in [1.165, 1.54) is 36.8 Å². The molecule has 1 amide bonds. The van der Waals surface area contributed by atoms with Crippen LogP contribution in [0.3, 0.4) is 0 Å². The topological polar surface area (TPSA) is 78.4 Å². The first-order chi connectivity index (χ1) is 10.1. The summed E-state index contributed by atoms with van der Waals surface area (Å²) in [6.07, 6.45) is 2.42. The number of carbonyl (C=O) groups is 2. The van der Waals surface area contributed by atoms with Crippen LogP contribution in [-0.4, -0.2) is 41.1 Å². The summed E-state index contributed by atoms with van der Waals surface area (Å²) in [5.74, 6) is -0.100. The quantitative estimate of drug-likeness (QED) is 0.747. The summed E-state index contributed by atoms with van der Waals surface area (Å²) in [6, 6.07) is 4.22. The Balaban J connectivity index is 1.84. The van der Waals surface area contributed by atoms with Crippen LogP contribution >= 0.6 is 23.4 Å². The molecule has 0 spiro atoms. The van der Waals surface area contributed by atoms with E-state index in [9.17, 15) is 9.59 Å². The Morgan fingerprint density at radius 3 is 2.90 bits per heavy atom. The summed E-state index contributed by atoms with van der Waals surface area (Å²) in [7, 11) is 0. The monoisotopic (exact) mass is 328 g/mol. The minimum Gasteiger partial charge on any atom is -0.478 e. The van der Waals surface area contributed by atoms with Crippen molar-refractivity contribution >= 4 is 40.9 Å². The lowest BCUT2D eigenvalue weighted by Crippen LogP contribution is -2.32. The third kappa shape index (κ3) is 4.91. The molecule has 1 aliphatic rings. The maximum absolute atomic E-state index is 11.8. The Hall–Kier alpha value is -1.24. The van der Waals surface area contributed by atoms with Crippen LogP contribution in [0.1, 0.15) is 23.2 Å². The molecule has 1 fully saturated rings. The molecule has 1 saturated heterocycles. The number of carboxylic acids is 1. The number of benzene rings is 1. The number of thioether (sulfide) groups is 1. The van der Waals surface area contributed by atoms with Crippen LogP contribution in [0.5, 0.6) is 0 Å². The van der Waals surface area contributed by atoms with E-state index in [0.717, 1.165) is 6.54 Å². The van der Waals surface area contributed by atoms with Gasteiger partial charge in [-0.15, -0.1) is 0 Å². The van der Waals surface area contributed by atoms with E-state index in [-0.39, 0.29) is 18.0 Å². The Kier molecular flexibility index (Phi) is 5.90. The highest BCUT2D eigenvalue weighted by molar-refractivity contribution is 8.00. The van der Waals surface area contributed by atoms with Gasteiger partial charge in [0.1, 0.15) is 0 Å². The second-order valence-corrected chi connectivity index (χ2v) is 6.63. The molecule has 1 unspecified atom stereocenters. The lowest BCUT2D eigenvalue weighted by atomic mass is 10.2. The zero-order valence-corrected chi connectivity index (χ0v) is 13.0. The molecule has 0 aromatic heterocycles. The summed E-state index contributed by atoms with van der Waals surface area (Å²) in [4.78, 5) is 22.7. The molecule has 1 heterocycles. The van der Waals surface area contributed by atoms with Crippen molar-refractivity contribution < 1.29 is 14.7 Å². The van der Waals surface area contributed by atoms with Gasteiger partial charge in [0.05, 0.1) is 22.8 Å². The van der Waals surface area contributed by atoms with E-state index in [2.05, 4.69) is 10.6 Å². The number of nitrogens with one attached hydrogen (secondary N) is 2. The average Bonchev–Trinajstić information content (AvgIpc) is 2.94. The number of rotatable bonds is 6. The maximum Gasteiger partial charge on any atom is 0.335 e. The molecule has 21 heavy (non-hydrogen) atoms. The van der Waals surface area contributed by atoms with Gasteiger partial charge in [0.15, 0.2) is 0 Å². The molecule has 0 bridgehead atoms. The van der Waals surface area contributed by atoms with Crippen LogP contribution in [0.4, 0.5) is 5.69 Å². The zero-order chi connectivity index (χ0) is 15.2. The van der Waals surface area contributed by atoms with Crippen LogP contribution in [0, 0.1) is 0 Å². The van der Waals surface area contributed by atoms with E-state index in [0.29, 0.717) is 16.0 Å². The Morgan fingerprint density at radius 1 is 1.43 bits per heavy atom. The van der Waals surface area contributed by atoms with Crippen molar-refractivity contribution in [3.63, 3.8) is 0 Å². The van der Waals surface area contributed by atoms with Crippen LogP contribution in [0.2, 0.25) is 5.02 Å². The molecule has 1 aromatic carbocycles. The normalized spacial score (nSPS) is 17.7. The molecule has 1 aromatic rings. The van der Waals surface area contributed by atoms with Crippen molar-refractivity contribution in [3.8, 4) is 0 Å². The van der Waals surface area contributed by atoms with Gasteiger partial charge in [-0.3, -0.25) is 4.79 Å². The Labute approximate surface area is 132 Å². The minimum absolute atomic E-state index is 0.0880. The minimum atomic E-state index is -1.06. The van der Waals surface area contributed by atoms with E-state index in [1.54, 1.807) is 0 Å². The number of hydrogen-bond donors (Lipinski definition) is 3. The van der Waals surface area contributed by atoms with E-state index in [4.69, 9.17) is 16.7 Å². The molecule has 5 nitrogen and oxygen atoms in total. The number of aromatic carboxylic acids is 1. The van der Waals surface area contributed by atoms with Crippen molar-refractivity contribution in [2.75, 3.05) is 24.2 Å². The summed E-state index contributed by atoms with van der Waals surface area (Å²) in [6.45, 7) is 0.992. The number of hydrogen-bond acceptors (Lipinski definition) is 4. The number of amides is 1. The van der Waals surface area contributed by atoms with Crippen molar-refractivity contribution in [2.24, 2.45) is 0 Å². The van der Waals surface area contributed by atoms with Crippen molar-refractivity contribution in [2.45, 2.75) is 18.1 Å². The fourth-order valence-corrected chi connectivity index (χ4v) is 3.50. The van der Waals surface area contributed by atoms with Crippen molar-refractivity contribution in [3.05, 3.63) is 28.8 Å². The lowest BCUT2D eigenvalue weighted by molar-refractivity contribution is -0.115. The van der Waals surface area contributed by atoms with Crippen molar-refractivity contribution in [1.82, 2.24) is 5.32 Å². The van der Waals surface area contributed by atoms with Crippen LogP contribution in [-0.2, 0) is 4.79 Å². The Morgan fingerprint density at radius 2 is 2.24 bits per heavy atom. The van der Waals surface area contributed by atoms with Crippen LogP contribution in [0.15, 0.2) is 18.2 Å². The number of carbonyl (C=O) groups excluding carboxylic acids is 1. The largest absolute Gasteiger partial charge is 0.478 e. The first kappa shape index (κ1) is 16.1. The second-order valence-electron chi connectivity index (χ2n) is 4.81. The lowest BCUT2D eigenvalue weighted by Gasteiger charge is -2.11. The number of carboxylic acid groups (broad SMARTS) is 1. The van der Waals surface area contributed by atoms with Crippen molar-refractivity contribution in [1.29, 1.82) is 0 Å². The molecule has 2 rings (SSSR count). The fraction of sp³-hybridized carbons (Fsp3) is 0.429. The first-order valence-corrected chi connectivity index (χ1v) is 8.14. The summed E-state index contributed by atoms with van der Waals surface area (Å²) < 4.78 is 0. The van der Waals surface area contributed by atoms with Crippen LogP contribution < -0.4 is 10.6 Å². The number of halogens is 1. The molecular formula is C14H17ClN2O3S. The summed E-state index contributed by atoms with van der Waals surface area (Å²) >= 11 is 7.88. The van der Waals surface area contributed by atoms with Gasteiger partial charge in [0.25, 0.3) is 0 Å². The van der Waals surface area contributed by atoms with Gasteiger partial charge in [-0.1, -0.05) is 11.6 Å². The van der Waals surface area contributed by atoms with E-state index >= 15 is 0 Å². The third-order valence-electron chi connectivity index (χ3n) is 3.17. The number of anilines is 1. The highest BCUT2D eigenvalue weighted by atomic mass is 35.5. The highest BCUT2D eigenvalue weighted by Gasteiger charge is 2.15. The van der Waals surface area contributed by atoms with Gasteiger partial charge in [0.2, 0.25) is 5.91 Å². The van der Waals surface area contributed by atoms with E-state index in [1.807, 2.05) is 11.8 Å². The molecule has 1 atom stereocenters. The molecule has 0 saturated carbocycles. The predicted molar refractivity (Wildman–Crippen MR) is 85.4 cm³/mol. The zero-order valence-electron chi connectivity index (χ0n) is 11.4. The SMILES string of the molecule is O=C(CNCC1CCCS1)Nc1cc(C(=O)O)ccc1Cl. The van der Waals surface area contributed by atoms with Gasteiger partial charge in [-0.05, 0) is 36.8 Å². The molecule has 0 aliphatic carbocycles. The maximum atomic E-state index is 11.8. The molecule has 3 N–H and O–H groups in total. The molecular weight excluding hydrogens is 312 g/mol. The standard InChI is InChI=1S/C14H17ClN2O3S/c15-11-4-3-9(14(19)20)6-12(11)17-13(18)8-16-7-10-2-1-5-21-10/h3-4,6,10,16H,1-2,5,7-8H2,(H,17,18)(H,19,20). The molecule has 1 aliphatic heterocycles. The summed E-state index contributed by atoms with van der Waals surface area (Å²) in [5.41, 5.74) is 0.406.